The minimum Gasteiger partial charge on any atom is -0.487 e. The van der Waals surface area contributed by atoms with E-state index in [2.05, 4.69) is 9.55 Å². The lowest BCUT2D eigenvalue weighted by Gasteiger charge is -2.33. The molecule has 6 rings (SSSR count). The van der Waals surface area contributed by atoms with Crippen LogP contribution in [0.15, 0.2) is 60.8 Å². The first-order chi connectivity index (χ1) is 20.3. The van der Waals surface area contributed by atoms with Gasteiger partial charge in [0.05, 0.1) is 22.6 Å². The Labute approximate surface area is 244 Å². The van der Waals surface area contributed by atoms with E-state index in [-0.39, 0.29) is 18.8 Å². The summed E-state index contributed by atoms with van der Waals surface area (Å²) >= 11 is 0. The molecule has 0 amide bonds. The van der Waals surface area contributed by atoms with Crippen LogP contribution < -0.4 is 9.64 Å². The van der Waals surface area contributed by atoms with Crippen LogP contribution in [-0.4, -0.2) is 44.6 Å². The molecule has 42 heavy (non-hydrogen) atoms. The van der Waals surface area contributed by atoms with Crippen molar-refractivity contribution in [2.45, 2.75) is 70.4 Å². The number of benzene rings is 2. The van der Waals surface area contributed by atoms with Gasteiger partial charge in [-0.3, -0.25) is 9.78 Å². The molecule has 2 fully saturated rings. The second kappa shape index (κ2) is 11.7. The maximum absolute atomic E-state index is 13.7. The maximum Gasteiger partial charge on any atom is 0.307 e. The first-order valence-corrected chi connectivity index (χ1v) is 14.7. The minimum atomic E-state index is -2.58. The highest BCUT2D eigenvalue weighted by Crippen LogP contribution is 2.40. The lowest BCUT2D eigenvalue weighted by atomic mass is 9.78. The number of carboxylic acid groups (broad SMARTS) is 1. The molecule has 2 aliphatic rings. The molecular weight excluding hydrogens is 538 g/mol. The predicted octanol–water partition coefficient (Wildman–Crippen LogP) is 6.96. The van der Waals surface area contributed by atoms with E-state index in [1.807, 2.05) is 72.6 Å². The third-order valence-electron chi connectivity index (χ3n) is 8.66. The Kier molecular flexibility index (Phi) is 7.84. The summed E-state index contributed by atoms with van der Waals surface area (Å²) < 4.78 is 35.6. The highest BCUT2D eigenvalue weighted by Gasteiger charge is 2.36. The van der Waals surface area contributed by atoms with Gasteiger partial charge in [-0.2, -0.15) is 0 Å². The van der Waals surface area contributed by atoms with Crippen LogP contribution in [0.1, 0.15) is 67.1 Å². The van der Waals surface area contributed by atoms with Gasteiger partial charge in [0.25, 0.3) is 5.92 Å². The number of fused-ring (bicyclic) bond motifs is 1. The fourth-order valence-electron chi connectivity index (χ4n) is 6.22. The van der Waals surface area contributed by atoms with Crippen LogP contribution in [0, 0.1) is 12.8 Å². The second-order valence-electron chi connectivity index (χ2n) is 11.7. The van der Waals surface area contributed by atoms with Crippen molar-refractivity contribution >= 4 is 22.7 Å². The monoisotopic (exact) mass is 574 g/mol. The molecule has 2 aromatic heterocycles. The molecule has 1 saturated heterocycles. The number of pyridine rings is 1. The van der Waals surface area contributed by atoms with Gasteiger partial charge in [0, 0.05) is 56.3 Å². The first kappa shape index (κ1) is 28.1. The van der Waals surface area contributed by atoms with E-state index >= 15 is 0 Å². The number of alkyl halides is 2. The molecule has 0 spiro atoms. The number of carboxylic acids is 1. The summed E-state index contributed by atoms with van der Waals surface area (Å²) in [6.45, 7) is 3.51. The number of hydrogen-bond donors (Lipinski definition) is 1. The summed E-state index contributed by atoms with van der Waals surface area (Å²) in [6, 6.07) is 17.8. The quantitative estimate of drug-likeness (QED) is 0.245. The van der Waals surface area contributed by atoms with Gasteiger partial charge in [0.1, 0.15) is 18.2 Å². The number of halogens is 2. The van der Waals surface area contributed by atoms with E-state index < -0.39 is 17.8 Å². The number of rotatable bonds is 8. The zero-order chi connectivity index (χ0) is 29.3. The number of ether oxygens (including phenoxy) is 1. The number of aromatic nitrogens is 3. The molecule has 7 nitrogen and oxygen atoms in total. The zero-order valence-electron chi connectivity index (χ0n) is 23.8. The van der Waals surface area contributed by atoms with Crippen LogP contribution in [0.25, 0.3) is 11.0 Å². The number of anilines is 1. The molecule has 1 aliphatic heterocycles. The summed E-state index contributed by atoms with van der Waals surface area (Å²) in [5.41, 5.74) is 5.56. The molecule has 1 saturated carbocycles. The third-order valence-corrected chi connectivity index (χ3v) is 8.66. The van der Waals surface area contributed by atoms with Crippen molar-refractivity contribution in [1.29, 1.82) is 0 Å². The van der Waals surface area contributed by atoms with Crippen LogP contribution in [0.3, 0.4) is 0 Å². The topological polar surface area (TPSA) is 80.5 Å². The van der Waals surface area contributed by atoms with E-state index in [1.165, 1.54) is 0 Å². The highest BCUT2D eigenvalue weighted by atomic mass is 19.3. The highest BCUT2D eigenvalue weighted by molar-refractivity contribution is 5.79. The molecule has 4 aromatic rings. The van der Waals surface area contributed by atoms with Crippen molar-refractivity contribution in [3.63, 3.8) is 0 Å². The van der Waals surface area contributed by atoms with Crippen LogP contribution in [-0.2, 0) is 17.9 Å². The van der Waals surface area contributed by atoms with Crippen molar-refractivity contribution in [2.24, 2.45) is 5.92 Å². The summed E-state index contributed by atoms with van der Waals surface area (Å²) in [4.78, 5) is 23.7. The molecule has 2 atom stereocenters. The Morgan fingerprint density at radius 2 is 1.81 bits per heavy atom. The van der Waals surface area contributed by atoms with E-state index in [4.69, 9.17) is 9.72 Å². The minimum absolute atomic E-state index is 0.129. The van der Waals surface area contributed by atoms with E-state index in [9.17, 15) is 18.7 Å². The van der Waals surface area contributed by atoms with Gasteiger partial charge in [0.15, 0.2) is 0 Å². The molecule has 1 aliphatic carbocycles. The fourth-order valence-corrected chi connectivity index (χ4v) is 6.22. The first-order valence-electron chi connectivity index (χ1n) is 14.7. The number of nitrogens with zero attached hydrogens (tertiary/aromatic N) is 4. The Bertz CT molecular complexity index is 1540. The van der Waals surface area contributed by atoms with Gasteiger partial charge in [-0.05, 0) is 61.2 Å². The number of piperidine rings is 1. The average molecular weight is 575 g/mol. The molecule has 0 bridgehead atoms. The largest absolute Gasteiger partial charge is 0.487 e. The van der Waals surface area contributed by atoms with Crippen molar-refractivity contribution in [3.8, 4) is 5.75 Å². The lowest BCUT2D eigenvalue weighted by Crippen LogP contribution is -2.39. The van der Waals surface area contributed by atoms with Gasteiger partial charge in [-0.15, -0.1) is 0 Å². The fraction of sp³-hybridized carbons (Fsp3) is 0.424. The van der Waals surface area contributed by atoms with Crippen LogP contribution in [0.2, 0.25) is 0 Å². The standard InChI is InChI=1S/C33H36F2N4O3/c1-22-6-9-24(36-19-22)21-42-26-12-13-29-30(18-26)39(31(37-29)27-4-2-3-5-28(27)32(40)41)20-23-7-10-25(11-8-23)38-16-14-33(34,35)15-17-38/h6-13,18-19,27-28H,2-5,14-17,20-21H2,1H3,(H,40,41)/t27-,28+/m1/s1. The molecule has 3 heterocycles. The van der Waals surface area contributed by atoms with Gasteiger partial charge in [-0.25, -0.2) is 13.8 Å². The lowest BCUT2D eigenvalue weighted by molar-refractivity contribution is -0.143. The van der Waals surface area contributed by atoms with Crippen molar-refractivity contribution < 1.29 is 23.4 Å². The Morgan fingerprint density at radius 3 is 2.52 bits per heavy atom. The van der Waals surface area contributed by atoms with Crippen LogP contribution in [0.5, 0.6) is 5.75 Å². The van der Waals surface area contributed by atoms with Gasteiger partial charge < -0.3 is 19.3 Å². The molecule has 1 N–H and O–H groups in total. The molecule has 2 aromatic carbocycles. The summed E-state index contributed by atoms with van der Waals surface area (Å²) in [5.74, 6) is -2.53. The summed E-state index contributed by atoms with van der Waals surface area (Å²) in [6.07, 6.45) is 4.86. The number of imidazole rings is 1. The summed E-state index contributed by atoms with van der Waals surface area (Å²) in [5, 5.41) is 10.0. The van der Waals surface area contributed by atoms with Crippen molar-refractivity contribution in [3.05, 3.63) is 83.4 Å². The molecule has 220 valence electrons. The number of hydrogen-bond acceptors (Lipinski definition) is 5. The predicted molar refractivity (Wildman–Crippen MR) is 157 cm³/mol. The van der Waals surface area contributed by atoms with Crippen molar-refractivity contribution in [1.82, 2.24) is 14.5 Å². The molecule has 0 unspecified atom stereocenters. The van der Waals surface area contributed by atoms with Crippen LogP contribution in [0.4, 0.5) is 14.5 Å². The normalized spacial score (nSPS) is 20.5. The van der Waals surface area contributed by atoms with Gasteiger partial charge >= 0.3 is 5.97 Å². The number of aliphatic carboxylic acids is 1. The summed E-state index contributed by atoms with van der Waals surface area (Å²) in [7, 11) is 0. The smallest absolute Gasteiger partial charge is 0.307 e. The van der Waals surface area contributed by atoms with Crippen molar-refractivity contribution in [2.75, 3.05) is 18.0 Å². The van der Waals surface area contributed by atoms with Crippen LogP contribution >= 0.6 is 0 Å². The number of aryl methyl sites for hydroxylation is 1. The Hall–Kier alpha value is -4.01. The number of carbonyl (C=O) groups is 1. The molecular formula is C33H36F2N4O3. The van der Waals surface area contributed by atoms with E-state index in [0.29, 0.717) is 38.4 Å². The Balaban J connectivity index is 1.30. The van der Waals surface area contributed by atoms with E-state index in [1.54, 1.807) is 0 Å². The average Bonchev–Trinajstić information content (AvgIpc) is 3.34. The molecule has 9 heteroatoms. The Morgan fingerprint density at radius 1 is 1.05 bits per heavy atom. The second-order valence-corrected chi connectivity index (χ2v) is 11.7. The SMILES string of the molecule is Cc1ccc(COc2ccc3nc([C@@H]4CCCC[C@@H]4C(=O)O)n(Cc4ccc(N5CCC(F)(F)CC5)cc4)c3c2)nc1. The molecule has 0 radical (unpaired) electrons. The van der Waals surface area contributed by atoms with E-state index in [0.717, 1.165) is 58.6 Å². The van der Waals surface area contributed by atoms with Gasteiger partial charge in [0.2, 0.25) is 0 Å². The third kappa shape index (κ3) is 6.10. The maximum atomic E-state index is 13.7. The van der Waals surface area contributed by atoms with Gasteiger partial charge in [-0.1, -0.05) is 31.0 Å². The zero-order valence-corrected chi connectivity index (χ0v) is 23.8.